The lowest BCUT2D eigenvalue weighted by Crippen LogP contribution is -2.35. The Morgan fingerprint density at radius 1 is 1.30 bits per heavy atom. The molecular formula is C15H21FN2OS. The molecule has 0 aliphatic carbocycles. The summed E-state index contributed by atoms with van der Waals surface area (Å²) in [5, 5.41) is 0.859. The molecule has 0 radical (unpaired) electrons. The van der Waals surface area contributed by atoms with Gasteiger partial charge in [0.1, 0.15) is 5.82 Å². The molecule has 3 nitrogen and oxygen atoms in total. The van der Waals surface area contributed by atoms with Crippen LogP contribution >= 0.6 is 0 Å². The topological polar surface area (TPSA) is 34.0 Å². The van der Waals surface area contributed by atoms with Gasteiger partial charge in [-0.2, -0.15) is 0 Å². The van der Waals surface area contributed by atoms with Gasteiger partial charge >= 0.3 is 0 Å². The first-order chi connectivity index (χ1) is 9.20. The molecule has 0 spiro atoms. The SMILES string of the molecule is CC(N[S@](=O)C(C)(C)C)c1cc2cc(F)ccc2n1C. The Balaban J connectivity index is 2.33. The molecule has 5 heteroatoms. The average Bonchev–Trinajstić information content (AvgIpc) is 2.65. The Morgan fingerprint density at radius 2 is 1.95 bits per heavy atom. The van der Waals surface area contributed by atoms with Crippen LogP contribution in [0.4, 0.5) is 4.39 Å². The predicted molar refractivity (Wildman–Crippen MR) is 82.3 cm³/mol. The van der Waals surface area contributed by atoms with Crippen molar-refractivity contribution in [3.05, 3.63) is 35.8 Å². The van der Waals surface area contributed by atoms with Crippen molar-refractivity contribution in [2.45, 2.75) is 38.5 Å². The molecular weight excluding hydrogens is 275 g/mol. The molecule has 1 aromatic heterocycles. The zero-order valence-corrected chi connectivity index (χ0v) is 13.3. The maximum Gasteiger partial charge on any atom is 0.123 e. The molecule has 0 saturated heterocycles. The molecule has 1 heterocycles. The van der Waals surface area contributed by atoms with Crippen LogP contribution in [-0.2, 0) is 18.0 Å². The number of benzene rings is 1. The number of nitrogens with zero attached hydrogens (tertiary/aromatic N) is 1. The van der Waals surface area contributed by atoms with Gasteiger partial charge in [0.05, 0.1) is 21.8 Å². The lowest BCUT2D eigenvalue weighted by molar-refractivity contribution is 0.604. The highest BCUT2D eigenvalue weighted by Gasteiger charge is 2.23. The highest BCUT2D eigenvalue weighted by atomic mass is 32.2. The zero-order valence-electron chi connectivity index (χ0n) is 12.5. The van der Waals surface area contributed by atoms with E-state index >= 15 is 0 Å². The number of aromatic nitrogens is 1. The van der Waals surface area contributed by atoms with E-state index in [0.29, 0.717) is 0 Å². The van der Waals surface area contributed by atoms with E-state index in [1.807, 2.05) is 45.4 Å². The maximum absolute atomic E-state index is 13.3. The van der Waals surface area contributed by atoms with Crippen LogP contribution in [0, 0.1) is 5.82 Å². The highest BCUT2D eigenvalue weighted by molar-refractivity contribution is 7.84. The van der Waals surface area contributed by atoms with Crippen molar-refractivity contribution < 1.29 is 8.60 Å². The minimum atomic E-state index is -1.14. The fourth-order valence-corrected chi connectivity index (χ4v) is 2.95. The van der Waals surface area contributed by atoms with E-state index in [-0.39, 0.29) is 16.6 Å². The average molecular weight is 296 g/mol. The fourth-order valence-electron chi connectivity index (χ4n) is 2.15. The lowest BCUT2D eigenvalue weighted by atomic mass is 10.2. The first kappa shape index (κ1) is 15.2. The Morgan fingerprint density at radius 3 is 2.55 bits per heavy atom. The second-order valence-electron chi connectivity index (χ2n) is 6.05. The summed E-state index contributed by atoms with van der Waals surface area (Å²) < 4.78 is 30.2. The maximum atomic E-state index is 13.3. The van der Waals surface area contributed by atoms with E-state index in [0.717, 1.165) is 16.6 Å². The number of rotatable bonds is 3. The second kappa shape index (κ2) is 5.30. The summed E-state index contributed by atoms with van der Waals surface area (Å²) in [4.78, 5) is 0. The lowest BCUT2D eigenvalue weighted by Gasteiger charge is -2.22. The van der Waals surface area contributed by atoms with Crippen molar-refractivity contribution in [2.75, 3.05) is 0 Å². The standard InChI is InChI=1S/C15H21FN2OS/c1-10(17-20(19)15(2,3)4)14-9-11-8-12(16)6-7-13(11)18(14)5/h6-10,17H,1-5H3/t10?,20-/m1/s1. The summed E-state index contributed by atoms with van der Waals surface area (Å²) in [6.07, 6.45) is 0. The third-order valence-electron chi connectivity index (χ3n) is 3.33. The van der Waals surface area contributed by atoms with Crippen molar-refractivity contribution in [3.8, 4) is 0 Å². The molecule has 1 aromatic carbocycles. The van der Waals surface area contributed by atoms with Gasteiger partial charge < -0.3 is 4.57 Å². The van der Waals surface area contributed by atoms with Crippen LogP contribution in [-0.4, -0.2) is 13.5 Å². The van der Waals surface area contributed by atoms with Gasteiger partial charge in [0.2, 0.25) is 0 Å². The van der Waals surface area contributed by atoms with Crippen molar-refractivity contribution in [3.63, 3.8) is 0 Å². The molecule has 0 aliphatic rings. The largest absolute Gasteiger partial charge is 0.346 e. The molecule has 0 fully saturated rings. The number of halogens is 1. The fraction of sp³-hybridized carbons (Fsp3) is 0.467. The van der Waals surface area contributed by atoms with Crippen LogP contribution in [0.3, 0.4) is 0 Å². The monoisotopic (exact) mass is 296 g/mol. The quantitative estimate of drug-likeness (QED) is 0.925. The van der Waals surface area contributed by atoms with E-state index in [4.69, 9.17) is 0 Å². The van der Waals surface area contributed by atoms with Gasteiger partial charge in [-0.05, 0) is 52.0 Å². The van der Waals surface area contributed by atoms with E-state index < -0.39 is 11.0 Å². The Labute approximate surface area is 121 Å². The van der Waals surface area contributed by atoms with Crippen molar-refractivity contribution >= 4 is 21.9 Å². The summed E-state index contributed by atoms with van der Waals surface area (Å²) >= 11 is 0. The summed E-state index contributed by atoms with van der Waals surface area (Å²) in [6.45, 7) is 7.76. The predicted octanol–water partition coefficient (Wildman–Crippen LogP) is 3.43. The minimum absolute atomic E-state index is 0.0736. The molecule has 0 saturated carbocycles. The molecule has 2 aromatic rings. The zero-order chi connectivity index (χ0) is 15.1. The normalized spacial score (nSPS) is 15.5. The van der Waals surface area contributed by atoms with Crippen molar-refractivity contribution in [1.29, 1.82) is 0 Å². The molecule has 0 bridgehead atoms. The van der Waals surface area contributed by atoms with Gasteiger partial charge in [-0.25, -0.2) is 13.3 Å². The molecule has 20 heavy (non-hydrogen) atoms. The summed E-state index contributed by atoms with van der Waals surface area (Å²) in [5.41, 5.74) is 1.96. The number of nitrogens with one attached hydrogen (secondary N) is 1. The van der Waals surface area contributed by atoms with Crippen LogP contribution in [0.5, 0.6) is 0 Å². The van der Waals surface area contributed by atoms with Crippen molar-refractivity contribution in [2.24, 2.45) is 7.05 Å². The Bertz CT molecular complexity index is 658. The molecule has 0 amide bonds. The molecule has 0 aliphatic heterocycles. The van der Waals surface area contributed by atoms with E-state index in [9.17, 15) is 8.60 Å². The molecule has 1 N–H and O–H groups in total. The van der Waals surface area contributed by atoms with Gasteiger partial charge in [-0.3, -0.25) is 0 Å². The van der Waals surface area contributed by atoms with Gasteiger partial charge in [0.15, 0.2) is 0 Å². The summed E-state index contributed by atoms with van der Waals surface area (Å²) in [6, 6.07) is 6.61. The number of hydrogen-bond donors (Lipinski definition) is 1. The Hall–Kier alpha value is -1.20. The third-order valence-corrected chi connectivity index (χ3v) is 5.01. The smallest absolute Gasteiger partial charge is 0.123 e. The molecule has 1 unspecified atom stereocenters. The number of hydrogen-bond acceptors (Lipinski definition) is 1. The van der Waals surface area contributed by atoms with Crippen LogP contribution in [0.15, 0.2) is 24.3 Å². The first-order valence-electron chi connectivity index (χ1n) is 6.63. The van der Waals surface area contributed by atoms with Gasteiger partial charge in [-0.1, -0.05) is 0 Å². The van der Waals surface area contributed by atoms with E-state index in [2.05, 4.69) is 4.72 Å². The van der Waals surface area contributed by atoms with Gasteiger partial charge in [0.25, 0.3) is 0 Å². The first-order valence-corrected chi connectivity index (χ1v) is 7.78. The van der Waals surface area contributed by atoms with Crippen LogP contribution in [0.1, 0.15) is 39.4 Å². The van der Waals surface area contributed by atoms with Crippen LogP contribution < -0.4 is 4.72 Å². The number of fused-ring (bicyclic) bond motifs is 1. The summed E-state index contributed by atoms with van der Waals surface area (Å²) in [5.74, 6) is -0.242. The number of aryl methyl sites for hydroxylation is 1. The van der Waals surface area contributed by atoms with Crippen LogP contribution in [0.2, 0.25) is 0 Å². The molecule has 2 atom stereocenters. The van der Waals surface area contributed by atoms with Gasteiger partial charge in [-0.15, -0.1) is 0 Å². The molecule has 110 valence electrons. The third kappa shape index (κ3) is 2.94. The van der Waals surface area contributed by atoms with E-state index in [1.165, 1.54) is 12.1 Å². The van der Waals surface area contributed by atoms with Crippen LogP contribution in [0.25, 0.3) is 10.9 Å². The molecule has 2 rings (SSSR count). The van der Waals surface area contributed by atoms with E-state index in [1.54, 1.807) is 6.07 Å². The summed E-state index contributed by atoms with van der Waals surface area (Å²) in [7, 11) is 0.799. The minimum Gasteiger partial charge on any atom is -0.346 e. The highest BCUT2D eigenvalue weighted by Crippen LogP contribution is 2.25. The van der Waals surface area contributed by atoms with Gasteiger partial charge in [0, 0.05) is 23.6 Å². The Kier molecular flexibility index (Phi) is 4.02. The second-order valence-corrected chi connectivity index (χ2v) is 8.05. The van der Waals surface area contributed by atoms with Crippen molar-refractivity contribution in [1.82, 2.24) is 9.29 Å².